The summed E-state index contributed by atoms with van der Waals surface area (Å²) in [6, 6.07) is 7.80. The van der Waals surface area contributed by atoms with Gasteiger partial charge in [-0.1, -0.05) is 18.2 Å². The number of aromatic amines is 1. The highest BCUT2D eigenvalue weighted by Crippen LogP contribution is 2.39. The number of hydrogen-bond donors (Lipinski definition) is 1. The molecule has 1 spiro atoms. The Morgan fingerprint density at radius 2 is 2.11 bits per heavy atom. The van der Waals surface area contributed by atoms with Gasteiger partial charge in [-0.3, -0.25) is 9.59 Å². The molecule has 1 N–H and O–H groups in total. The molecule has 2 aliphatic heterocycles. The number of likely N-dealkylation sites (tertiary alicyclic amines) is 2. The van der Waals surface area contributed by atoms with Gasteiger partial charge in [0.1, 0.15) is 0 Å². The van der Waals surface area contributed by atoms with Crippen LogP contribution < -0.4 is 0 Å². The monoisotopic (exact) mass is 380 g/mol. The summed E-state index contributed by atoms with van der Waals surface area (Å²) in [6.45, 7) is 4.99. The van der Waals surface area contributed by atoms with Crippen LogP contribution in [0.25, 0.3) is 0 Å². The molecule has 2 fully saturated rings. The molecule has 1 atom stereocenters. The van der Waals surface area contributed by atoms with E-state index in [0.29, 0.717) is 13.0 Å². The number of carbonyl (C=O) groups is 2. The van der Waals surface area contributed by atoms with Gasteiger partial charge in [0.2, 0.25) is 5.91 Å². The van der Waals surface area contributed by atoms with E-state index in [9.17, 15) is 9.59 Å². The van der Waals surface area contributed by atoms with Crippen LogP contribution in [0.15, 0.2) is 36.8 Å². The van der Waals surface area contributed by atoms with E-state index in [0.717, 1.165) is 62.1 Å². The zero-order chi connectivity index (χ0) is 19.6. The van der Waals surface area contributed by atoms with Gasteiger partial charge in [-0.05, 0) is 37.8 Å². The third kappa shape index (κ3) is 3.81. The number of amides is 2. The van der Waals surface area contributed by atoms with Gasteiger partial charge in [0.25, 0.3) is 5.91 Å². The van der Waals surface area contributed by atoms with E-state index >= 15 is 0 Å². The second-order valence-corrected chi connectivity index (χ2v) is 8.29. The number of piperidine rings is 2. The molecule has 0 aliphatic carbocycles. The van der Waals surface area contributed by atoms with Gasteiger partial charge >= 0.3 is 0 Å². The topological polar surface area (TPSA) is 69.3 Å². The Balaban J connectivity index is 1.45. The lowest BCUT2D eigenvalue weighted by Crippen LogP contribution is -2.55. The van der Waals surface area contributed by atoms with Gasteiger partial charge in [-0.2, -0.15) is 0 Å². The van der Waals surface area contributed by atoms with Gasteiger partial charge in [-0.15, -0.1) is 0 Å². The lowest BCUT2D eigenvalue weighted by Gasteiger charge is -2.48. The van der Waals surface area contributed by atoms with Crippen LogP contribution in [0.5, 0.6) is 0 Å². The number of aryl methyl sites for hydroxylation is 1. The molecule has 0 saturated carbocycles. The Hall–Kier alpha value is -2.63. The molecule has 0 bridgehead atoms. The van der Waals surface area contributed by atoms with Crippen molar-refractivity contribution in [1.29, 1.82) is 0 Å². The molecule has 2 amide bonds. The van der Waals surface area contributed by atoms with Crippen LogP contribution >= 0.6 is 0 Å². The fourth-order valence-corrected chi connectivity index (χ4v) is 4.68. The predicted octanol–water partition coefficient (Wildman–Crippen LogP) is 2.81. The molecule has 1 unspecified atom stereocenters. The SMILES string of the molecule is Cc1ccccc1C(=O)N1CCCC2(CCC(=O)N(CCc3cnc[nH]3)C2)C1. The first-order valence-corrected chi connectivity index (χ1v) is 10.2. The van der Waals surface area contributed by atoms with Crippen LogP contribution in [0.1, 0.15) is 47.3 Å². The smallest absolute Gasteiger partial charge is 0.254 e. The molecular weight excluding hydrogens is 352 g/mol. The summed E-state index contributed by atoms with van der Waals surface area (Å²) < 4.78 is 0. The Morgan fingerprint density at radius 1 is 1.25 bits per heavy atom. The molecule has 6 nitrogen and oxygen atoms in total. The molecule has 28 heavy (non-hydrogen) atoms. The average Bonchev–Trinajstić information content (AvgIpc) is 3.23. The lowest BCUT2D eigenvalue weighted by molar-refractivity contribution is -0.138. The van der Waals surface area contributed by atoms with E-state index < -0.39 is 0 Å². The maximum Gasteiger partial charge on any atom is 0.254 e. The van der Waals surface area contributed by atoms with E-state index in [1.54, 1.807) is 6.33 Å². The highest BCUT2D eigenvalue weighted by molar-refractivity contribution is 5.95. The van der Waals surface area contributed by atoms with E-state index in [1.807, 2.05) is 47.2 Å². The summed E-state index contributed by atoms with van der Waals surface area (Å²) in [7, 11) is 0. The van der Waals surface area contributed by atoms with Crippen molar-refractivity contribution in [2.75, 3.05) is 26.2 Å². The number of imidazole rings is 1. The summed E-state index contributed by atoms with van der Waals surface area (Å²) >= 11 is 0. The van der Waals surface area contributed by atoms with E-state index in [1.165, 1.54) is 0 Å². The molecule has 0 radical (unpaired) electrons. The van der Waals surface area contributed by atoms with Crippen molar-refractivity contribution >= 4 is 11.8 Å². The van der Waals surface area contributed by atoms with Crippen molar-refractivity contribution in [2.24, 2.45) is 5.41 Å². The Morgan fingerprint density at radius 3 is 2.89 bits per heavy atom. The number of nitrogens with zero attached hydrogens (tertiary/aromatic N) is 3. The van der Waals surface area contributed by atoms with Crippen LogP contribution in [-0.4, -0.2) is 57.8 Å². The summed E-state index contributed by atoms with van der Waals surface area (Å²) in [4.78, 5) is 36.7. The normalized spacial score (nSPS) is 22.7. The summed E-state index contributed by atoms with van der Waals surface area (Å²) in [6.07, 6.45) is 7.81. The van der Waals surface area contributed by atoms with Crippen LogP contribution in [0.4, 0.5) is 0 Å². The minimum absolute atomic E-state index is 0.0263. The maximum atomic E-state index is 13.1. The molecule has 2 aromatic rings. The van der Waals surface area contributed by atoms with Crippen LogP contribution in [-0.2, 0) is 11.2 Å². The summed E-state index contributed by atoms with van der Waals surface area (Å²) in [5, 5.41) is 0. The highest BCUT2D eigenvalue weighted by atomic mass is 16.2. The molecule has 2 saturated heterocycles. The molecule has 1 aromatic heterocycles. The molecule has 2 aliphatic rings. The largest absolute Gasteiger partial charge is 0.348 e. The van der Waals surface area contributed by atoms with Gasteiger partial charge in [0.05, 0.1) is 6.33 Å². The standard InChI is InChI=1S/C22H28N4O2/c1-17-5-2-3-6-19(17)21(28)26-11-4-9-22(15-26)10-7-20(27)25(14-22)12-8-18-13-23-16-24-18/h2-3,5-6,13,16H,4,7-12,14-15H2,1H3,(H,23,24). The number of carbonyl (C=O) groups excluding carboxylic acids is 2. The Kier molecular flexibility index (Phi) is 5.20. The number of aromatic nitrogens is 2. The second kappa shape index (κ2) is 7.78. The van der Waals surface area contributed by atoms with Crippen molar-refractivity contribution in [3.8, 4) is 0 Å². The first kappa shape index (κ1) is 18.7. The zero-order valence-corrected chi connectivity index (χ0v) is 16.5. The fourth-order valence-electron chi connectivity index (χ4n) is 4.68. The molecule has 148 valence electrons. The highest BCUT2D eigenvalue weighted by Gasteiger charge is 2.42. The lowest BCUT2D eigenvalue weighted by atomic mass is 9.73. The Labute approximate surface area is 165 Å². The van der Waals surface area contributed by atoms with Crippen molar-refractivity contribution in [3.63, 3.8) is 0 Å². The van der Waals surface area contributed by atoms with Crippen molar-refractivity contribution in [1.82, 2.24) is 19.8 Å². The van der Waals surface area contributed by atoms with Gasteiger partial charge in [-0.25, -0.2) is 4.98 Å². The van der Waals surface area contributed by atoms with E-state index in [-0.39, 0.29) is 17.2 Å². The number of H-pyrrole nitrogens is 1. The second-order valence-electron chi connectivity index (χ2n) is 8.29. The number of benzene rings is 1. The van der Waals surface area contributed by atoms with Crippen LogP contribution in [0.3, 0.4) is 0 Å². The molecule has 1 aromatic carbocycles. The first-order chi connectivity index (χ1) is 13.6. The van der Waals surface area contributed by atoms with Crippen molar-refractivity contribution in [2.45, 2.75) is 39.0 Å². The molecular formula is C22H28N4O2. The third-order valence-corrected chi connectivity index (χ3v) is 6.28. The zero-order valence-electron chi connectivity index (χ0n) is 16.5. The van der Waals surface area contributed by atoms with Crippen molar-refractivity contribution < 1.29 is 9.59 Å². The van der Waals surface area contributed by atoms with Gasteiger partial charge in [0.15, 0.2) is 0 Å². The predicted molar refractivity (Wildman–Crippen MR) is 107 cm³/mol. The minimum Gasteiger partial charge on any atom is -0.348 e. The quantitative estimate of drug-likeness (QED) is 0.887. The van der Waals surface area contributed by atoms with Crippen LogP contribution in [0, 0.1) is 12.3 Å². The molecule has 3 heterocycles. The number of rotatable bonds is 4. The molecule has 4 rings (SSSR count). The summed E-state index contributed by atoms with van der Waals surface area (Å²) in [5.74, 6) is 0.352. The minimum atomic E-state index is 0.0263. The Bertz CT molecular complexity index is 848. The summed E-state index contributed by atoms with van der Waals surface area (Å²) in [5.41, 5.74) is 2.89. The van der Waals surface area contributed by atoms with E-state index in [2.05, 4.69) is 9.97 Å². The average molecular weight is 380 g/mol. The van der Waals surface area contributed by atoms with Crippen molar-refractivity contribution in [3.05, 3.63) is 53.6 Å². The number of hydrogen-bond acceptors (Lipinski definition) is 3. The maximum absolute atomic E-state index is 13.1. The van der Waals surface area contributed by atoms with Crippen LogP contribution in [0.2, 0.25) is 0 Å². The van der Waals surface area contributed by atoms with E-state index in [4.69, 9.17) is 0 Å². The third-order valence-electron chi connectivity index (χ3n) is 6.28. The first-order valence-electron chi connectivity index (χ1n) is 10.2. The van der Waals surface area contributed by atoms with Gasteiger partial charge < -0.3 is 14.8 Å². The number of nitrogens with one attached hydrogen (secondary N) is 1. The molecule has 6 heteroatoms. The fraction of sp³-hybridized carbons (Fsp3) is 0.500. The van der Waals surface area contributed by atoms with Gasteiger partial charge in [0, 0.05) is 61.9 Å².